The van der Waals surface area contributed by atoms with Crippen LogP contribution in [-0.2, 0) is 9.53 Å². The first-order chi connectivity index (χ1) is 8.58. The minimum atomic E-state index is -0.251. The molecule has 1 rings (SSSR count). The molecular weight excluding hydrogens is 294 g/mol. The van der Waals surface area contributed by atoms with E-state index in [1.54, 1.807) is 0 Å². The van der Waals surface area contributed by atoms with Gasteiger partial charge in [-0.15, -0.1) is 0 Å². The number of rotatable bonds is 6. The molecule has 100 valence electrons. The van der Waals surface area contributed by atoms with E-state index < -0.39 is 0 Å². The second-order valence-electron chi connectivity index (χ2n) is 4.16. The lowest BCUT2D eigenvalue weighted by Gasteiger charge is -2.21. The molecule has 0 fully saturated rings. The zero-order valence-corrected chi connectivity index (χ0v) is 12.7. The molecule has 0 saturated carbocycles. The molecule has 2 unspecified atom stereocenters. The monoisotopic (exact) mass is 313 g/mol. The number of benzene rings is 1. The lowest BCUT2D eigenvalue weighted by atomic mass is 10.1. The van der Waals surface area contributed by atoms with Crippen molar-refractivity contribution in [3.63, 3.8) is 0 Å². The maximum Gasteiger partial charge on any atom is 0.323 e. The minimum absolute atomic E-state index is 0.108. The van der Waals surface area contributed by atoms with Crippen LogP contribution in [-0.4, -0.2) is 18.6 Å². The molecular formula is C14H20BrNO2. The van der Waals surface area contributed by atoms with Crippen molar-refractivity contribution in [3.05, 3.63) is 34.3 Å². The molecule has 1 N–H and O–H groups in total. The van der Waals surface area contributed by atoms with Gasteiger partial charge in [0.25, 0.3) is 0 Å². The molecule has 0 aliphatic heterocycles. The van der Waals surface area contributed by atoms with Crippen LogP contribution >= 0.6 is 15.9 Å². The van der Waals surface area contributed by atoms with Gasteiger partial charge in [-0.2, -0.15) is 0 Å². The number of nitrogens with one attached hydrogen (secondary N) is 1. The van der Waals surface area contributed by atoms with Crippen molar-refractivity contribution < 1.29 is 9.53 Å². The molecule has 4 heteroatoms. The molecule has 0 radical (unpaired) electrons. The van der Waals surface area contributed by atoms with Gasteiger partial charge in [-0.05, 0) is 38.0 Å². The van der Waals surface area contributed by atoms with Gasteiger partial charge in [-0.25, -0.2) is 0 Å². The maximum absolute atomic E-state index is 11.7. The average molecular weight is 314 g/mol. The summed E-state index contributed by atoms with van der Waals surface area (Å²) in [7, 11) is 0. The summed E-state index contributed by atoms with van der Waals surface area (Å²) >= 11 is 3.45. The number of esters is 1. The summed E-state index contributed by atoms with van der Waals surface area (Å²) in [6.45, 7) is 6.26. The SMILES string of the molecule is CCOC(=O)C(CC)NC(C)c1cccc(Br)c1. The Morgan fingerprint density at radius 1 is 1.44 bits per heavy atom. The van der Waals surface area contributed by atoms with Crippen molar-refractivity contribution in [2.75, 3.05) is 6.61 Å². The van der Waals surface area contributed by atoms with Gasteiger partial charge in [-0.3, -0.25) is 10.1 Å². The Balaban J connectivity index is 2.67. The molecule has 1 aromatic rings. The van der Waals surface area contributed by atoms with Gasteiger partial charge in [0.2, 0.25) is 0 Å². The van der Waals surface area contributed by atoms with Crippen molar-refractivity contribution in [1.29, 1.82) is 0 Å². The number of ether oxygens (including phenoxy) is 1. The summed E-state index contributed by atoms with van der Waals surface area (Å²) < 4.78 is 6.08. The van der Waals surface area contributed by atoms with E-state index in [9.17, 15) is 4.79 Å². The van der Waals surface area contributed by atoms with Crippen molar-refractivity contribution in [3.8, 4) is 0 Å². The van der Waals surface area contributed by atoms with Crippen LogP contribution in [0.5, 0.6) is 0 Å². The van der Waals surface area contributed by atoms with Crippen LogP contribution in [0, 0.1) is 0 Å². The summed E-state index contributed by atoms with van der Waals surface area (Å²) in [6, 6.07) is 7.92. The highest BCUT2D eigenvalue weighted by Crippen LogP contribution is 2.18. The van der Waals surface area contributed by atoms with E-state index in [1.807, 2.05) is 39.0 Å². The Hall–Kier alpha value is -0.870. The quantitative estimate of drug-likeness (QED) is 0.818. The fraction of sp³-hybridized carbons (Fsp3) is 0.500. The van der Waals surface area contributed by atoms with Crippen molar-refractivity contribution in [2.45, 2.75) is 39.3 Å². The summed E-state index contributed by atoms with van der Waals surface area (Å²) in [5.74, 6) is -0.179. The Bertz CT molecular complexity index is 395. The zero-order valence-electron chi connectivity index (χ0n) is 11.1. The Morgan fingerprint density at radius 3 is 2.72 bits per heavy atom. The highest BCUT2D eigenvalue weighted by Gasteiger charge is 2.20. The fourth-order valence-corrected chi connectivity index (χ4v) is 2.19. The van der Waals surface area contributed by atoms with Crippen molar-refractivity contribution >= 4 is 21.9 Å². The van der Waals surface area contributed by atoms with E-state index in [-0.39, 0.29) is 18.1 Å². The van der Waals surface area contributed by atoms with Gasteiger partial charge in [-0.1, -0.05) is 35.0 Å². The Kier molecular flexibility index (Phi) is 6.36. The molecule has 0 aliphatic rings. The summed E-state index contributed by atoms with van der Waals surface area (Å²) in [5, 5.41) is 3.30. The molecule has 0 spiro atoms. The van der Waals surface area contributed by atoms with E-state index in [0.29, 0.717) is 6.61 Å². The molecule has 0 aromatic heterocycles. The number of hydrogen-bond acceptors (Lipinski definition) is 3. The summed E-state index contributed by atoms with van der Waals surface area (Å²) in [5.41, 5.74) is 1.15. The zero-order chi connectivity index (χ0) is 13.5. The Morgan fingerprint density at radius 2 is 2.17 bits per heavy atom. The van der Waals surface area contributed by atoms with Crippen LogP contribution in [0.3, 0.4) is 0 Å². The predicted octanol–water partition coefficient (Wildman–Crippen LogP) is 3.44. The van der Waals surface area contributed by atoms with Gasteiger partial charge in [0, 0.05) is 10.5 Å². The third-order valence-corrected chi connectivity index (χ3v) is 3.27. The fourth-order valence-electron chi connectivity index (χ4n) is 1.77. The summed E-state index contributed by atoms with van der Waals surface area (Å²) in [6.07, 6.45) is 0.719. The predicted molar refractivity (Wildman–Crippen MR) is 76.4 cm³/mol. The smallest absolute Gasteiger partial charge is 0.323 e. The first-order valence-corrected chi connectivity index (χ1v) is 7.05. The molecule has 0 heterocycles. The van der Waals surface area contributed by atoms with Crippen LogP contribution in [0.4, 0.5) is 0 Å². The van der Waals surface area contributed by atoms with Gasteiger partial charge in [0.1, 0.15) is 6.04 Å². The molecule has 0 aliphatic carbocycles. The minimum Gasteiger partial charge on any atom is -0.465 e. The molecule has 0 saturated heterocycles. The van der Waals surface area contributed by atoms with Crippen LogP contribution in [0.2, 0.25) is 0 Å². The topological polar surface area (TPSA) is 38.3 Å². The van der Waals surface area contributed by atoms with E-state index in [0.717, 1.165) is 16.5 Å². The van der Waals surface area contributed by atoms with Gasteiger partial charge in [0.05, 0.1) is 6.61 Å². The lowest BCUT2D eigenvalue weighted by Crippen LogP contribution is -2.39. The van der Waals surface area contributed by atoms with Gasteiger partial charge < -0.3 is 4.74 Å². The highest BCUT2D eigenvalue weighted by molar-refractivity contribution is 9.10. The van der Waals surface area contributed by atoms with E-state index in [1.165, 1.54) is 0 Å². The first kappa shape index (κ1) is 15.2. The number of halogens is 1. The van der Waals surface area contributed by atoms with Crippen molar-refractivity contribution in [2.24, 2.45) is 0 Å². The number of carbonyl (C=O) groups is 1. The summed E-state index contributed by atoms with van der Waals surface area (Å²) in [4.78, 5) is 11.7. The molecule has 18 heavy (non-hydrogen) atoms. The first-order valence-electron chi connectivity index (χ1n) is 6.26. The third kappa shape index (κ3) is 4.42. The maximum atomic E-state index is 11.7. The molecule has 3 nitrogen and oxygen atoms in total. The second-order valence-corrected chi connectivity index (χ2v) is 5.07. The lowest BCUT2D eigenvalue weighted by molar-refractivity contribution is -0.145. The Labute approximate surface area is 117 Å². The third-order valence-electron chi connectivity index (χ3n) is 2.78. The second kappa shape index (κ2) is 7.54. The highest BCUT2D eigenvalue weighted by atomic mass is 79.9. The van der Waals surface area contributed by atoms with E-state index >= 15 is 0 Å². The molecule has 1 aromatic carbocycles. The van der Waals surface area contributed by atoms with Crippen LogP contribution in [0.1, 0.15) is 38.8 Å². The standard InChI is InChI=1S/C14H20BrNO2/c1-4-13(14(17)18-5-2)16-10(3)11-7-6-8-12(15)9-11/h6-10,13,16H,4-5H2,1-3H3. The van der Waals surface area contributed by atoms with Crippen LogP contribution in [0.15, 0.2) is 28.7 Å². The van der Waals surface area contributed by atoms with Crippen molar-refractivity contribution in [1.82, 2.24) is 5.32 Å². The van der Waals surface area contributed by atoms with Gasteiger partial charge >= 0.3 is 5.97 Å². The average Bonchev–Trinajstić information content (AvgIpc) is 2.35. The largest absolute Gasteiger partial charge is 0.465 e. The molecule has 0 bridgehead atoms. The van der Waals surface area contributed by atoms with Crippen LogP contribution < -0.4 is 5.32 Å². The normalized spacial score (nSPS) is 14.0. The molecule has 0 amide bonds. The number of carbonyl (C=O) groups excluding carboxylic acids is 1. The van der Waals surface area contributed by atoms with Gasteiger partial charge in [0.15, 0.2) is 0 Å². The van der Waals surface area contributed by atoms with E-state index in [4.69, 9.17) is 4.74 Å². The number of hydrogen-bond donors (Lipinski definition) is 1. The van der Waals surface area contributed by atoms with Crippen LogP contribution in [0.25, 0.3) is 0 Å². The van der Waals surface area contributed by atoms with E-state index in [2.05, 4.69) is 27.3 Å². The molecule has 2 atom stereocenters.